The average Bonchev–Trinajstić information content (AvgIpc) is 3.16. The molecule has 1 aromatic carbocycles. The van der Waals surface area contributed by atoms with Gasteiger partial charge in [0.2, 0.25) is 0 Å². The van der Waals surface area contributed by atoms with Gasteiger partial charge in [0, 0.05) is 12.1 Å². The third-order valence-electron chi connectivity index (χ3n) is 3.96. The molecule has 0 aliphatic carbocycles. The van der Waals surface area contributed by atoms with Gasteiger partial charge in [-0.25, -0.2) is 0 Å². The minimum Gasteiger partial charge on any atom is -0.376 e. The van der Waals surface area contributed by atoms with Gasteiger partial charge in [0.15, 0.2) is 0 Å². The van der Waals surface area contributed by atoms with E-state index in [4.69, 9.17) is 14.2 Å². The van der Waals surface area contributed by atoms with E-state index in [-0.39, 0.29) is 17.9 Å². The van der Waals surface area contributed by atoms with Gasteiger partial charge in [-0.15, -0.1) is 0 Å². The van der Waals surface area contributed by atoms with Gasteiger partial charge in [-0.2, -0.15) is 0 Å². The summed E-state index contributed by atoms with van der Waals surface area (Å²) in [5, 5.41) is 0. The molecular formula is C17H25NO3. The predicted molar refractivity (Wildman–Crippen MR) is 81.1 cm³/mol. The SMILES string of the molecule is CC(C)(C)N1C[C@H](COCC2CO2)OC1c1ccccc1. The van der Waals surface area contributed by atoms with Gasteiger partial charge in [-0.1, -0.05) is 30.3 Å². The Hall–Kier alpha value is -0.940. The highest BCUT2D eigenvalue weighted by atomic mass is 16.6. The molecule has 0 spiro atoms. The number of ether oxygens (including phenoxy) is 3. The van der Waals surface area contributed by atoms with E-state index in [9.17, 15) is 0 Å². The van der Waals surface area contributed by atoms with Crippen LogP contribution in [0.2, 0.25) is 0 Å². The molecule has 116 valence electrons. The summed E-state index contributed by atoms with van der Waals surface area (Å²) in [5.74, 6) is 0. The van der Waals surface area contributed by atoms with Crippen molar-refractivity contribution in [3.8, 4) is 0 Å². The minimum absolute atomic E-state index is 0.0111. The van der Waals surface area contributed by atoms with Crippen LogP contribution in [0.4, 0.5) is 0 Å². The Morgan fingerprint density at radius 2 is 1.81 bits per heavy atom. The Morgan fingerprint density at radius 3 is 2.43 bits per heavy atom. The molecule has 2 fully saturated rings. The summed E-state index contributed by atoms with van der Waals surface area (Å²) < 4.78 is 17.1. The van der Waals surface area contributed by atoms with E-state index in [1.54, 1.807) is 0 Å². The maximum Gasteiger partial charge on any atom is 0.137 e. The Bertz CT molecular complexity index is 453. The molecule has 2 heterocycles. The van der Waals surface area contributed by atoms with Gasteiger partial charge >= 0.3 is 0 Å². The molecule has 0 bridgehead atoms. The van der Waals surface area contributed by atoms with Crippen LogP contribution in [0.25, 0.3) is 0 Å². The monoisotopic (exact) mass is 291 g/mol. The second kappa shape index (κ2) is 6.05. The normalized spacial score (nSPS) is 29.8. The number of hydrogen-bond acceptors (Lipinski definition) is 4. The van der Waals surface area contributed by atoms with Crippen LogP contribution in [0.3, 0.4) is 0 Å². The zero-order valence-corrected chi connectivity index (χ0v) is 13.1. The summed E-state index contributed by atoms with van der Waals surface area (Å²) in [6.45, 7) is 9.75. The van der Waals surface area contributed by atoms with Crippen LogP contribution >= 0.6 is 0 Å². The molecular weight excluding hydrogens is 266 g/mol. The van der Waals surface area contributed by atoms with E-state index in [1.807, 2.05) is 6.07 Å². The van der Waals surface area contributed by atoms with Crippen molar-refractivity contribution in [2.75, 3.05) is 26.4 Å². The summed E-state index contributed by atoms with van der Waals surface area (Å²) in [5.41, 5.74) is 1.27. The van der Waals surface area contributed by atoms with Crippen LogP contribution in [0.1, 0.15) is 32.6 Å². The number of rotatable bonds is 5. The van der Waals surface area contributed by atoms with E-state index < -0.39 is 0 Å². The number of epoxide rings is 1. The van der Waals surface area contributed by atoms with Gasteiger partial charge in [-0.05, 0) is 26.3 Å². The molecule has 0 radical (unpaired) electrons. The van der Waals surface area contributed by atoms with Gasteiger partial charge in [0.05, 0.1) is 25.9 Å². The van der Waals surface area contributed by atoms with Gasteiger partial charge in [-0.3, -0.25) is 4.90 Å². The summed E-state index contributed by atoms with van der Waals surface area (Å²) in [6, 6.07) is 10.4. The second-order valence-electron chi connectivity index (χ2n) is 6.84. The average molecular weight is 291 g/mol. The highest BCUT2D eigenvalue weighted by Gasteiger charge is 2.40. The fraction of sp³-hybridized carbons (Fsp3) is 0.647. The molecule has 0 saturated carbocycles. The highest BCUT2D eigenvalue weighted by Crippen LogP contribution is 2.35. The molecule has 0 amide bonds. The molecule has 21 heavy (non-hydrogen) atoms. The Morgan fingerprint density at radius 1 is 1.14 bits per heavy atom. The summed E-state index contributed by atoms with van der Waals surface area (Å²) in [7, 11) is 0. The van der Waals surface area contributed by atoms with Gasteiger partial charge in [0.1, 0.15) is 12.3 Å². The summed E-state index contributed by atoms with van der Waals surface area (Å²) in [6.07, 6.45) is 0.445. The lowest BCUT2D eigenvalue weighted by Crippen LogP contribution is -2.41. The lowest BCUT2D eigenvalue weighted by Gasteiger charge is -2.35. The number of hydrogen-bond donors (Lipinski definition) is 0. The van der Waals surface area contributed by atoms with E-state index in [0.29, 0.717) is 19.3 Å². The molecule has 3 rings (SSSR count). The Balaban J connectivity index is 1.64. The molecule has 1 aromatic rings. The zero-order chi connectivity index (χ0) is 14.9. The van der Waals surface area contributed by atoms with Crippen molar-refractivity contribution in [1.82, 2.24) is 4.90 Å². The quantitative estimate of drug-likeness (QED) is 0.781. The van der Waals surface area contributed by atoms with Crippen molar-refractivity contribution in [2.24, 2.45) is 0 Å². The molecule has 0 aromatic heterocycles. The first kappa shape index (κ1) is 15.0. The molecule has 4 nitrogen and oxygen atoms in total. The first-order valence-corrected chi connectivity index (χ1v) is 7.70. The van der Waals surface area contributed by atoms with Crippen LogP contribution in [0, 0.1) is 0 Å². The van der Waals surface area contributed by atoms with Crippen molar-refractivity contribution in [2.45, 2.75) is 44.7 Å². The summed E-state index contributed by atoms with van der Waals surface area (Å²) in [4.78, 5) is 2.41. The maximum atomic E-state index is 6.25. The largest absolute Gasteiger partial charge is 0.376 e. The third-order valence-corrected chi connectivity index (χ3v) is 3.96. The smallest absolute Gasteiger partial charge is 0.137 e. The fourth-order valence-electron chi connectivity index (χ4n) is 2.70. The number of nitrogens with zero attached hydrogens (tertiary/aromatic N) is 1. The first-order chi connectivity index (χ1) is 10.0. The van der Waals surface area contributed by atoms with E-state index in [0.717, 1.165) is 13.2 Å². The first-order valence-electron chi connectivity index (χ1n) is 7.70. The summed E-state index contributed by atoms with van der Waals surface area (Å²) >= 11 is 0. The Labute approximate surface area is 127 Å². The standard InChI is InChI=1S/C17H25NO3/c1-17(2,3)18-9-14(10-19-11-15-12-20-15)21-16(18)13-7-5-4-6-8-13/h4-8,14-16H,9-12H2,1-3H3/t14-,15?,16?/m1/s1. The zero-order valence-electron chi connectivity index (χ0n) is 13.1. The van der Waals surface area contributed by atoms with Crippen molar-refractivity contribution < 1.29 is 14.2 Å². The van der Waals surface area contributed by atoms with Crippen molar-refractivity contribution in [3.05, 3.63) is 35.9 Å². The number of benzene rings is 1. The van der Waals surface area contributed by atoms with Crippen LogP contribution in [-0.2, 0) is 14.2 Å². The van der Waals surface area contributed by atoms with Crippen LogP contribution in [0.15, 0.2) is 30.3 Å². The van der Waals surface area contributed by atoms with E-state index in [2.05, 4.69) is 49.9 Å². The Kier molecular flexibility index (Phi) is 4.31. The van der Waals surface area contributed by atoms with Crippen molar-refractivity contribution in [3.63, 3.8) is 0 Å². The fourth-order valence-corrected chi connectivity index (χ4v) is 2.70. The molecule has 2 unspecified atom stereocenters. The minimum atomic E-state index is 0.0111. The topological polar surface area (TPSA) is 34.2 Å². The van der Waals surface area contributed by atoms with E-state index in [1.165, 1.54) is 5.56 Å². The third kappa shape index (κ3) is 3.83. The van der Waals surface area contributed by atoms with E-state index >= 15 is 0 Å². The van der Waals surface area contributed by atoms with Crippen molar-refractivity contribution in [1.29, 1.82) is 0 Å². The van der Waals surface area contributed by atoms with Crippen molar-refractivity contribution >= 4 is 0 Å². The van der Waals surface area contributed by atoms with Crippen LogP contribution in [-0.4, -0.2) is 49.0 Å². The maximum absolute atomic E-state index is 6.25. The molecule has 2 aliphatic rings. The van der Waals surface area contributed by atoms with Gasteiger partial charge < -0.3 is 14.2 Å². The van der Waals surface area contributed by atoms with Crippen LogP contribution in [0.5, 0.6) is 0 Å². The molecule has 4 heteroatoms. The lowest BCUT2D eigenvalue weighted by molar-refractivity contribution is -0.0529. The predicted octanol–water partition coefficient (Wildman–Crippen LogP) is 2.60. The molecule has 2 aliphatic heterocycles. The highest BCUT2D eigenvalue weighted by molar-refractivity contribution is 5.19. The molecule has 2 saturated heterocycles. The lowest BCUT2D eigenvalue weighted by atomic mass is 10.0. The molecule has 0 N–H and O–H groups in total. The molecule has 3 atom stereocenters. The van der Waals surface area contributed by atoms with Crippen LogP contribution < -0.4 is 0 Å². The second-order valence-corrected chi connectivity index (χ2v) is 6.84. The van der Waals surface area contributed by atoms with Gasteiger partial charge in [0.25, 0.3) is 0 Å².